The van der Waals surface area contributed by atoms with Crippen LogP contribution in [0.4, 0.5) is 5.00 Å². The fraction of sp³-hybridized carbons (Fsp3) is 0.520. The van der Waals surface area contributed by atoms with Crippen molar-refractivity contribution in [1.29, 1.82) is 0 Å². The Morgan fingerprint density at radius 1 is 0.971 bits per heavy atom. The third-order valence-electron chi connectivity index (χ3n) is 6.50. The molecule has 1 fully saturated rings. The van der Waals surface area contributed by atoms with Crippen molar-refractivity contribution >= 4 is 28.2 Å². The summed E-state index contributed by atoms with van der Waals surface area (Å²) in [5.74, 6) is 1.01. The molecule has 0 bridgehead atoms. The lowest BCUT2D eigenvalue weighted by atomic mass is 9.95. The molecular formula is C25H33N3O5S. The number of hydrogen-bond donors (Lipinski definition) is 1. The number of amides is 1. The number of ether oxygens (including phenoxy) is 3. The summed E-state index contributed by atoms with van der Waals surface area (Å²) in [6.45, 7) is 4.51. The average Bonchev–Trinajstić information content (AvgIpc) is 3.22. The maximum Gasteiger partial charge on any atom is 0.341 e. The van der Waals surface area contributed by atoms with Crippen LogP contribution in [0.1, 0.15) is 39.2 Å². The highest BCUT2D eigenvalue weighted by Crippen LogP contribution is 2.38. The standard InChI is InChI=1S/C25H33N3O5S/c1-31-19-9-8-17(14-20(19)32-2)15-27-10-12-28(13-11-27)16-22(29)26-24-23(25(30)33-3)18-6-4-5-7-21(18)34-24/h8-9,14H,4-7,10-13,15-16H2,1-3H3,(H,26,29). The molecule has 2 aliphatic rings. The quantitative estimate of drug-likeness (QED) is 0.573. The number of piperazine rings is 1. The smallest absolute Gasteiger partial charge is 0.341 e. The van der Waals surface area contributed by atoms with Crippen LogP contribution in [-0.4, -0.2) is 75.7 Å². The van der Waals surface area contributed by atoms with Crippen molar-refractivity contribution in [3.8, 4) is 11.5 Å². The topological polar surface area (TPSA) is 80.3 Å². The van der Waals surface area contributed by atoms with Crippen LogP contribution in [0.25, 0.3) is 0 Å². The summed E-state index contributed by atoms with van der Waals surface area (Å²) in [5.41, 5.74) is 2.78. The zero-order chi connectivity index (χ0) is 24.1. The second kappa shape index (κ2) is 11.2. The average molecular weight is 488 g/mol. The second-order valence-corrected chi connectivity index (χ2v) is 9.80. The Labute approximate surface area is 204 Å². The fourth-order valence-corrected chi connectivity index (χ4v) is 5.98. The highest BCUT2D eigenvalue weighted by atomic mass is 32.1. The number of hydrogen-bond acceptors (Lipinski definition) is 8. The molecule has 9 heteroatoms. The van der Waals surface area contributed by atoms with Crippen molar-refractivity contribution in [3.63, 3.8) is 0 Å². The van der Waals surface area contributed by atoms with Gasteiger partial charge in [0.2, 0.25) is 5.91 Å². The maximum absolute atomic E-state index is 12.8. The summed E-state index contributed by atoms with van der Waals surface area (Å²) in [5, 5.41) is 3.64. The Kier molecular flexibility index (Phi) is 8.07. The van der Waals surface area contributed by atoms with Crippen molar-refractivity contribution in [1.82, 2.24) is 9.80 Å². The number of rotatable bonds is 8. The maximum atomic E-state index is 12.8. The molecular weight excluding hydrogens is 454 g/mol. The minimum absolute atomic E-state index is 0.0860. The number of fused-ring (bicyclic) bond motifs is 1. The van der Waals surface area contributed by atoms with Gasteiger partial charge in [0.15, 0.2) is 11.5 Å². The fourth-order valence-electron chi connectivity index (χ4n) is 4.68. The summed E-state index contributed by atoms with van der Waals surface area (Å²) < 4.78 is 15.7. The summed E-state index contributed by atoms with van der Waals surface area (Å²) in [6.07, 6.45) is 4.01. The van der Waals surface area contributed by atoms with E-state index in [4.69, 9.17) is 14.2 Å². The van der Waals surface area contributed by atoms with Crippen LogP contribution in [0.2, 0.25) is 0 Å². The summed E-state index contributed by atoms with van der Waals surface area (Å²) >= 11 is 1.52. The predicted octanol–water partition coefficient (Wildman–Crippen LogP) is 3.19. The van der Waals surface area contributed by atoms with Gasteiger partial charge in [0.05, 0.1) is 33.4 Å². The highest BCUT2D eigenvalue weighted by Gasteiger charge is 2.27. The van der Waals surface area contributed by atoms with Gasteiger partial charge in [-0.1, -0.05) is 6.07 Å². The van der Waals surface area contributed by atoms with Crippen molar-refractivity contribution < 1.29 is 23.8 Å². The van der Waals surface area contributed by atoms with Gasteiger partial charge in [0, 0.05) is 37.6 Å². The van der Waals surface area contributed by atoms with E-state index >= 15 is 0 Å². The van der Waals surface area contributed by atoms with Crippen molar-refractivity contribution in [2.24, 2.45) is 0 Å². The molecule has 0 spiro atoms. The van der Waals surface area contributed by atoms with Gasteiger partial charge in [-0.25, -0.2) is 4.79 Å². The van der Waals surface area contributed by atoms with Crippen molar-refractivity contribution in [3.05, 3.63) is 39.8 Å². The first-order valence-electron chi connectivity index (χ1n) is 11.7. The zero-order valence-corrected chi connectivity index (χ0v) is 21.0. The molecule has 1 aliphatic carbocycles. The summed E-state index contributed by atoms with van der Waals surface area (Å²) in [4.78, 5) is 31.0. The van der Waals surface area contributed by atoms with Crippen LogP contribution in [0.5, 0.6) is 11.5 Å². The molecule has 1 N–H and O–H groups in total. The van der Waals surface area contributed by atoms with Crippen LogP contribution in [0, 0.1) is 0 Å². The molecule has 2 heterocycles. The molecule has 0 atom stereocenters. The first-order chi connectivity index (χ1) is 16.5. The molecule has 34 heavy (non-hydrogen) atoms. The molecule has 1 amide bonds. The highest BCUT2D eigenvalue weighted by molar-refractivity contribution is 7.17. The van der Waals surface area contributed by atoms with E-state index in [9.17, 15) is 9.59 Å². The molecule has 184 valence electrons. The predicted molar refractivity (Wildman–Crippen MR) is 132 cm³/mol. The number of anilines is 1. The van der Waals surface area contributed by atoms with Crippen LogP contribution < -0.4 is 14.8 Å². The number of carbonyl (C=O) groups is 2. The van der Waals surface area contributed by atoms with E-state index in [0.29, 0.717) is 17.1 Å². The lowest BCUT2D eigenvalue weighted by Gasteiger charge is -2.34. The molecule has 4 rings (SSSR count). The molecule has 1 saturated heterocycles. The van der Waals surface area contributed by atoms with Crippen molar-refractivity contribution in [2.45, 2.75) is 32.2 Å². The molecule has 1 aromatic heterocycles. The van der Waals surface area contributed by atoms with E-state index < -0.39 is 0 Å². The Balaban J connectivity index is 1.31. The lowest BCUT2D eigenvalue weighted by molar-refractivity contribution is -0.117. The van der Waals surface area contributed by atoms with E-state index in [1.54, 1.807) is 14.2 Å². The van der Waals surface area contributed by atoms with Crippen LogP contribution in [0.15, 0.2) is 18.2 Å². The first-order valence-corrected chi connectivity index (χ1v) is 12.5. The van der Waals surface area contributed by atoms with Gasteiger partial charge in [-0.2, -0.15) is 0 Å². The molecule has 1 aromatic carbocycles. The normalized spacial score (nSPS) is 16.6. The van der Waals surface area contributed by atoms with Crippen LogP contribution in [-0.2, 0) is 28.9 Å². The molecule has 0 radical (unpaired) electrons. The van der Waals surface area contributed by atoms with E-state index in [-0.39, 0.29) is 11.9 Å². The second-order valence-electron chi connectivity index (χ2n) is 8.70. The van der Waals surface area contributed by atoms with Gasteiger partial charge in [0.1, 0.15) is 5.00 Å². The molecule has 1 aliphatic heterocycles. The van der Waals surface area contributed by atoms with Crippen molar-refractivity contribution in [2.75, 3.05) is 59.4 Å². The van der Waals surface area contributed by atoms with Gasteiger partial charge >= 0.3 is 5.97 Å². The van der Waals surface area contributed by atoms with Gasteiger partial charge in [-0.15, -0.1) is 11.3 Å². The van der Waals surface area contributed by atoms with E-state index in [0.717, 1.165) is 75.5 Å². The Hall–Kier alpha value is -2.62. The third kappa shape index (κ3) is 5.54. The molecule has 0 saturated carbocycles. The third-order valence-corrected chi connectivity index (χ3v) is 7.71. The van der Waals surface area contributed by atoms with E-state index in [2.05, 4.69) is 21.2 Å². The first kappa shape index (κ1) is 24.5. The molecule has 0 unspecified atom stereocenters. The minimum Gasteiger partial charge on any atom is -0.493 e. The lowest BCUT2D eigenvalue weighted by Crippen LogP contribution is -2.48. The summed E-state index contributed by atoms with van der Waals surface area (Å²) in [7, 11) is 4.67. The number of esters is 1. The minimum atomic E-state index is -0.363. The number of thiophene rings is 1. The molecule has 8 nitrogen and oxygen atoms in total. The SMILES string of the molecule is COC(=O)c1c(NC(=O)CN2CCN(Cc3ccc(OC)c(OC)c3)CC2)sc2c1CCCC2. The van der Waals surface area contributed by atoms with Crippen LogP contribution >= 0.6 is 11.3 Å². The Morgan fingerprint density at radius 3 is 2.38 bits per heavy atom. The van der Waals surface area contributed by atoms with Gasteiger partial charge in [0.25, 0.3) is 0 Å². The van der Waals surface area contributed by atoms with E-state index in [1.807, 2.05) is 12.1 Å². The van der Waals surface area contributed by atoms with Crippen LogP contribution in [0.3, 0.4) is 0 Å². The number of aryl methyl sites for hydroxylation is 1. The Morgan fingerprint density at radius 2 is 1.68 bits per heavy atom. The number of nitrogens with one attached hydrogen (secondary N) is 1. The number of benzene rings is 1. The largest absolute Gasteiger partial charge is 0.493 e. The van der Waals surface area contributed by atoms with Gasteiger partial charge in [-0.3, -0.25) is 14.6 Å². The zero-order valence-electron chi connectivity index (χ0n) is 20.1. The van der Waals surface area contributed by atoms with E-state index in [1.165, 1.54) is 28.9 Å². The Bertz CT molecular complexity index is 1030. The summed E-state index contributed by atoms with van der Waals surface area (Å²) in [6, 6.07) is 6.00. The van der Waals surface area contributed by atoms with Gasteiger partial charge in [-0.05, 0) is 48.9 Å². The number of methoxy groups -OCH3 is 3. The number of carbonyl (C=O) groups excluding carboxylic acids is 2. The number of nitrogens with zero attached hydrogens (tertiary/aromatic N) is 2. The van der Waals surface area contributed by atoms with Gasteiger partial charge < -0.3 is 19.5 Å². The monoisotopic (exact) mass is 487 g/mol. The molecule has 2 aromatic rings.